The number of carbonyl (C=O) groups excluding carboxylic acids is 1. The smallest absolute Gasteiger partial charge is 0.255 e. The number of hydrogen-bond acceptors (Lipinski definition) is 4. The lowest BCUT2D eigenvalue weighted by Gasteiger charge is -2.29. The first-order valence-corrected chi connectivity index (χ1v) is 5.82. The average molecular weight is 235 g/mol. The van der Waals surface area contributed by atoms with Crippen LogP contribution in [0.3, 0.4) is 0 Å². The fraction of sp³-hybridized carbons (Fsp3) is 0.500. The third kappa shape index (κ3) is 2.74. The minimum absolute atomic E-state index is 0.00736. The SMILES string of the molecule is CNc1ccc(C(=O)N2CCC(O)CC2)cn1. The van der Waals surface area contributed by atoms with Gasteiger partial charge in [-0.05, 0) is 25.0 Å². The summed E-state index contributed by atoms with van der Waals surface area (Å²) >= 11 is 0. The predicted octanol–water partition coefficient (Wildman–Crippen LogP) is 0.720. The van der Waals surface area contributed by atoms with E-state index in [1.54, 1.807) is 30.3 Å². The molecule has 1 amide bonds. The van der Waals surface area contributed by atoms with Crippen molar-refractivity contribution >= 4 is 11.7 Å². The van der Waals surface area contributed by atoms with E-state index in [1.165, 1.54) is 0 Å². The first kappa shape index (κ1) is 11.9. The van der Waals surface area contributed by atoms with Gasteiger partial charge in [0, 0.05) is 26.3 Å². The number of aliphatic hydroxyl groups is 1. The van der Waals surface area contributed by atoms with E-state index in [9.17, 15) is 9.90 Å². The number of aromatic nitrogens is 1. The zero-order chi connectivity index (χ0) is 12.3. The Bertz CT molecular complexity index is 383. The fourth-order valence-corrected chi connectivity index (χ4v) is 1.92. The Kier molecular flexibility index (Phi) is 3.58. The van der Waals surface area contributed by atoms with Gasteiger partial charge in [-0.3, -0.25) is 4.79 Å². The number of piperidine rings is 1. The number of amides is 1. The molecule has 5 nitrogen and oxygen atoms in total. The van der Waals surface area contributed by atoms with Crippen LogP contribution in [0, 0.1) is 0 Å². The predicted molar refractivity (Wildman–Crippen MR) is 64.9 cm³/mol. The number of likely N-dealkylation sites (tertiary alicyclic amines) is 1. The quantitative estimate of drug-likeness (QED) is 0.792. The highest BCUT2D eigenvalue weighted by Gasteiger charge is 2.22. The minimum atomic E-state index is -0.260. The highest BCUT2D eigenvalue weighted by atomic mass is 16.3. The molecule has 2 N–H and O–H groups in total. The van der Waals surface area contributed by atoms with Crippen molar-refractivity contribution in [2.45, 2.75) is 18.9 Å². The van der Waals surface area contributed by atoms with Gasteiger partial charge in [0.25, 0.3) is 5.91 Å². The molecule has 1 saturated heterocycles. The van der Waals surface area contributed by atoms with Gasteiger partial charge < -0.3 is 15.3 Å². The Balaban J connectivity index is 2.03. The number of hydrogen-bond donors (Lipinski definition) is 2. The normalized spacial score (nSPS) is 16.9. The van der Waals surface area contributed by atoms with Crippen molar-refractivity contribution in [2.24, 2.45) is 0 Å². The van der Waals surface area contributed by atoms with Gasteiger partial charge >= 0.3 is 0 Å². The molecule has 0 unspecified atom stereocenters. The maximum Gasteiger partial charge on any atom is 0.255 e. The van der Waals surface area contributed by atoms with Crippen molar-refractivity contribution in [1.29, 1.82) is 0 Å². The summed E-state index contributed by atoms with van der Waals surface area (Å²) in [7, 11) is 1.79. The Morgan fingerprint density at radius 1 is 1.47 bits per heavy atom. The molecule has 0 atom stereocenters. The molecular formula is C12H17N3O2. The van der Waals surface area contributed by atoms with Crippen LogP contribution in [0.2, 0.25) is 0 Å². The summed E-state index contributed by atoms with van der Waals surface area (Å²) in [6, 6.07) is 3.55. The lowest BCUT2D eigenvalue weighted by molar-refractivity contribution is 0.0546. The molecule has 2 rings (SSSR count). The summed E-state index contributed by atoms with van der Waals surface area (Å²) in [4.78, 5) is 18.0. The van der Waals surface area contributed by atoms with Crippen LogP contribution in [-0.4, -0.2) is 47.1 Å². The summed E-state index contributed by atoms with van der Waals surface area (Å²) in [6.45, 7) is 1.24. The molecule has 0 spiro atoms. The first-order chi connectivity index (χ1) is 8.20. The van der Waals surface area contributed by atoms with Gasteiger partial charge in [-0.15, -0.1) is 0 Å². The summed E-state index contributed by atoms with van der Waals surface area (Å²) in [6.07, 6.45) is 2.64. The molecule has 1 fully saturated rings. The molecule has 1 aliphatic rings. The monoisotopic (exact) mass is 235 g/mol. The molecule has 0 aliphatic carbocycles. The lowest BCUT2D eigenvalue weighted by Crippen LogP contribution is -2.40. The van der Waals surface area contributed by atoms with Crippen molar-refractivity contribution in [2.75, 3.05) is 25.5 Å². The molecule has 2 heterocycles. The molecule has 17 heavy (non-hydrogen) atoms. The molecule has 0 bridgehead atoms. The molecule has 1 aromatic heterocycles. The number of carbonyl (C=O) groups is 1. The number of pyridine rings is 1. The fourth-order valence-electron chi connectivity index (χ4n) is 1.92. The van der Waals surface area contributed by atoms with Crippen molar-refractivity contribution in [3.05, 3.63) is 23.9 Å². The molecule has 0 saturated carbocycles. The van der Waals surface area contributed by atoms with Gasteiger partial charge in [0.1, 0.15) is 5.82 Å². The van der Waals surface area contributed by atoms with E-state index in [4.69, 9.17) is 0 Å². The van der Waals surface area contributed by atoms with Crippen LogP contribution in [-0.2, 0) is 0 Å². The third-order valence-corrected chi connectivity index (χ3v) is 3.02. The van der Waals surface area contributed by atoms with Crippen LogP contribution in [0.15, 0.2) is 18.3 Å². The number of rotatable bonds is 2. The molecule has 5 heteroatoms. The molecular weight excluding hydrogens is 218 g/mol. The van der Waals surface area contributed by atoms with E-state index in [0.717, 1.165) is 5.82 Å². The van der Waals surface area contributed by atoms with Crippen molar-refractivity contribution < 1.29 is 9.90 Å². The van der Waals surface area contributed by atoms with Gasteiger partial charge in [0.05, 0.1) is 11.7 Å². The second kappa shape index (κ2) is 5.14. The second-order valence-electron chi connectivity index (χ2n) is 4.21. The van der Waals surface area contributed by atoms with Crippen LogP contribution in [0.25, 0.3) is 0 Å². The highest BCUT2D eigenvalue weighted by molar-refractivity contribution is 5.94. The van der Waals surface area contributed by atoms with E-state index in [-0.39, 0.29) is 12.0 Å². The van der Waals surface area contributed by atoms with Crippen LogP contribution in [0.5, 0.6) is 0 Å². The van der Waals surface area contributed by atoms with Gasteiger partial charge in [-0.25, -0.2) is 4.98 Å². The number of nitrogens with zero attached hydrogens (tertiary/aromatic N) is 2. The number of nitrogens with one attached hydrogen (secondary N) is 1. The standard InChI is InChI=1S/C12H17N3O2/c1-13-11-3-2-9(8-14-11)12(17)15-6-4-10(16)5-7-15/h2-3,8,10,16H,4-7H2,1H3,(H,13,14). The largest absolute Gasteiger partial charge is 0.393 e. The topological polar surface area (TPSA) is 65.5 Å². The molecule has 0 aromatic carbocycles. The number of aliphatic hydroxyl groups excluding tert-OH is 1. The van der Waals surface area contributed by atoms with Crippen molar-refractivity contribution in [3.63, 3.8) is 0 Å². The van der Waals surface area contributed by atoms with E-state index < -0.39 is 0 Å². The molecule has 0 radical (unpaired) electrons. The maximum atomic E-state index is 12.1. The average Bonchev–Trinajstić information content (AvgIpc) is 2.39. The number of anilines is 1. The Hall–Kier alpha value is -1.62. The van der Waals surface area contributed by atoms with Gasteiger partial charge in [-0.1, -0.05) is 0 Å². The summed E-state index contributed by atoms with van der Waals surface area (Å²) in [5, 5.41) is 12.3. The molecule has 1 aromatic rings. The van der Waals surface area contributed by atoms with Crippen LogP contribution < -0.4 is 5.32 Å². The third-order valence-electron chi connectivity index (χ3n) is 3.02. The Morgan fingerprint density at radius 2 is 2.18 bits per heavy atom. The first-order valence-electron chi connectivity index (χ1n) is 5.82. The van der Waals surface area contributed by atoms with Crippen molar-refractivity contribution in [1.82, 2.24) is 9.88 Å². The van der Waals surface area contributed by atoms with E-state index in [0.29, 0.717) is 31.5 Å². The zero-order valence-electron chi connectivity index (χ0n) is 9.89. The van der Waals surface area contributed by atoms with Crippen molar-refractivity contribution in [3.8, 4) is 0 Å². The minimum Gasteiger partial charge on any atom is -0.393 e. The summed E-state index contributed by atoms with van der Waals surface area (Å²) in [5.74, 6) is 0.739. The Labute approximate surface area is 100 Å². The Morgan fingerprint density at radius 3 is 2.71 bits per heavy atom. The van der Waals surface area contributed by atoms with Crippen LogP contribution in [0.4, 0.5) is 5.82 Å². The van der Waals surface area contributed by atoms with E-state index >= 15 is 0 Å². The highest BCUT2D eigenvalue weighted by Crippen LogP contribution is 2.14. The molecule has 1 aliphatic heterocycles. The van der Waals surface area contributed by atoms with Gasteiger partial charge in [-0.2, -0.15) is 0 Å². The van der Waals surface area contributed by atoms with E-state index in [1.807, 2.05) is 0 Å². The zero-order valence-corrected chi connectivity index (χ0v) is 9.89. The summed E-state index contributed by atoms with van der Waals surface area (Å²) < 4.78 is 0. The van der Waals surface area contributed by atoms with Gasteiger partial charge in [0.2, 0.25) is 0 Å². The maximum absolute atomic E-state index is 12.1. The van der Waals surface area contributed by atoms with Gasteiger partial charge in [0.15, 0.2) is 0 Å². The molecule has 92 valence electrons. The second-order valence-corrected chi connectivity index (χ2v) is 4.21. The lowest BCUT2D eigenvalue weighted by atomic mass is 10.1. The van der Waals surface area contributed by atoms with Crippen LogP contribution in [0.1, 0.15) is 23.2 Å². The van der Waals surface area contributed by atoms with E-state index in [2.05, 4.69) is 10.3 Å². The van der Waals surface area contributed by atoms with Crippen LogP contribution >= 0.6 is 0 Å². The summed E-state index contributed by atoms with van der Waals surface area (Å²) in [5.41, 5.74) is 0.598.